The van der Waals surface area contributed by atoms with Crippen molar-refractivity contribution in [2.45, 2.75) is 91.4 Å². The third-order valence-electron chi connectivity index (χ3n) is 8.82. The van der Waals surface area contributed by atoms with Crippen LogP contribution in [0.25, 0.3) is 43.6 Å². The van der Waals surface area contributed by atoms with Crippen molar-refractivity contribution in [1.82, 2.24) is 0 Å². The number of hydrogen-bond acceptors (Lipinski definition) is 2. The summed E-state index contributed by atoms with van der Waals surface area (Å²) in [7, 11) is 2.20. The zero-order valence-corrected chi connectivity index (χ0v) is 28.4. The second-order valence-electron chi connectivity index (χ2n) is 15.9. The zero-order valence-electron chi connectivity index (χ0n) is 27.6. The van der Waals surface area contributed by atoms with Gasteiger partial charge in [-0.05, 0) is 101 Å². The molecule has 0 fully saturated rings. The van der Waals surface area contributed by atoms with Crippen LogP contribution in [0.3, 0.4) is 0 Å². The van der Waals surface area contributed by atoms with Gasteiger partial charge in [0.1, 0.15) is 7.05 Å². The summed E-state index contributed by atoms with van der Waals surface area (Å²) in [6.07, 6.45) is 5.05. The molecule has 4 aromatic carbocycles. The Morgan fingerprint density at radius 2 is 1.51 bits per heavy atom. The van der Waals surface area contributed by atoms with Crippen molar-refractivity contribution in [2.75, 3.05) is 0 Å². The van der Waals surface area contributed by atoms with Crippen LogP contribution in [0.2, 0.25) is 0 Å². The molecule has 0 N–H and O–H groups in total. The lowest BCUT2D eigenvalue weighted by Gasteiger charge is -2.29. The summed E-state index contributed by atoms with van der Waals surface area (Å²) in [6.45, 7) is 20.5. The number of fused-ring (bicyclic) bond motifs is 5. The number of rotatable bonds is 4. The van der Waals surface area contributed by atoms with E-state index in [4.69, 9.17) is 0 Å². The van der Waals surface area contributed by atoms with Crippen molar-refractivity contribution in [3.8, 4) is 17.3 Å². The molecule has 0 bridgehead atoms. The number of pyridine rings is 1. The maximum Gasteiger partial charge on any atom is 0.222 e. The van der Waals surface area contributed by atoms with E-state index in [0.29, 0.717) is 0 Å². The fraction of sp³-hybridized carbons (Fsp3) is 0.400. The maximum absolute atomic E-state index is 9.87. The number of aryl methyl sites for hydroxylation is 2. The Bertz CT molecular complexity index is 1990. The average Bonchev–Trinajstić information content (AvgIpc) is 2.90. The number of nitriles is 1. The molecule has 1 aliphatic heterocycles. The van der Waals surface area contributed by atoms with Gasteiger partial charge in [-0.25, -0.2) is 4.57 Å². The molecule has 1 aliphatic rings. The molecule has 0 unspecified atom stereocenters. The molecule has 0 radical (unpaired) electrons. The summed E-state index contributed by atoms with van der Waals surface area (Å²) in [6, 6.07) is 21.1. The van der Waals surface area contributed by atoms with Gasteiger partial charge in [0.05, 0.1) is 22.4 Å². The van der Waals surface area contributed by atoms with Crippen molar-refractivity contribution < 1.29 is 4.57 Å². The first kappa shape index (κ1) is 29.7. The molecule has 0 saturated carbocycles. The first-order valence-electron chi connectivity index (χ1n) is 15.6. The highest BCUT2D eigenvalue weighted by atomic mass is 32.2. The molecule has 2 heterocycles. The molecule has 0 spiro atoms. The van der Waals surface area contributed by atoms with Crippen LogP contribution in [0.15, 0.2) is 64.5 Å². The highest BCUT2D eigenvalue weighted by Gasteiger charge is 2.34. The number of nitrogens with zero attached hydrogens (tertiary/aromatic N) is 2. The second kappa shape index (κ2) is 10.1. The van der Waals surface area contributed by atoms with Crippen LogP contribution in [-0.4, -0.2) is 0 Å². The smallest absolute Gasteiger partial charge is 0.200 e. The minimum atomic E-state index is -0.428. The van der Waals surface area contributed by atoms with Crippen LogP contribution in [0.1, 0.15) is 77.6 Å². The molecule has 0 aliphatic carbocycles. The van der Waals surface area contributed by atoms with Crippen LogP contribution >= 0.6 is 11.8 Å². The first-order valence-corrected chi connectivity index (χ1v) is 16.4. The molecule has 0 atom stereocenters. The molecule has 0 amide bonds. The Kier molecular flexibility index (Phi) is 6.98. The largest absolute Gasteiger partial charge is 0.222 e. The van der Waals surface area contributed by atoms with E-state index >= 15 is 0 Å². The van der Waals surface area contributed by atoms with E-state index in [0.717, 1.165) is 19.3 Å². The number of hydrogen-bond donors (Lipinski definition) is 0. The lowest BCUT2D eigenvalue weighted by atomic mass is 9.81. The minimum Gasteiger partial charge on any atom is -0.200 e. The van der Waals surface area contributed by atoms with Crippen molar-refractivity contribution in [3.05, 3.63) is 77.0 Å². The van der Waals surface area contributed by atoms with E-state index in [9.17, 15) is 5.26 Å². The third-order valence-corrected chi connectivity index (χ3v) is 10.0. The monoisotopic (exact) mass is 585 g/mol. The Morgan fingerprint density at radius 3 is 2.19 bits per heavy atom. The van der Waals surface area contributed by atoms with Crippen molar-refractivity contribution in [2.24, 2.45) is 23.3 Å². The summed E-state index contributed by atoms with van der Waals surface area (Å²) >= 11 is 1.97. The molecule has 5 aromatic rings. The van der Waals surface area contributed by atoms with E-state index in [1.54, 1.807) is 0 Å². The highest BCUT2D eigenvalue weighted by molar-refractivity contribution is 8.00. The van der Waals surface area contributed by atoms with Crippen molar-refractivity contribution in [3.63, 3.8) is 0 Å². The summed E-state index contributed by atoms with van der Waals surface area (Å²) in [4.78, 5) is 2.75. The van der Waals surface area contributed by atoms with Crippen LogP contribution in [0.5, 0.6) is 0 Å². The van der Waals surface area contributed by atoms with E-state index < -0.39 is 5.41 Å². The molecular formula is C40H45N2S+. The Hall–Kier alpha value is -3.35. The van der Waals surface area contributed by atoms with Gasteiger partial charge in [-0.3, -0.25) is 0 Å². The fourth-order valence-electron chi connectivity index (χ4n) is 7.11. The Morgan fingerprint density at radius 1 is 0.791 bits per heavy atom. The zero-order chi connectivity index (χ0) is 31.1. The van der Waals surface area contributed by atoms with Crippen molar-refractivity contribution >= 4 is 44.1 Å². The minimum absolute atomic E-state index is 0.154. The molecule has 3 heteroatoms. The van der Waals surface area contributed by atoms with Crippen LogP contribution in [-0.2, 0) is 26.3 Å². The predicted octanol–water partition coefficient (Wildman–Crippen LogP) is 10.7. The maximum atomic E-state index is 9.87. The van der Waals surface area contributed by atoms with Gasteiger partial charge < -0.3 is 0 Å². The summed E-state index contributed by atoms with van der Waals surface area (Å²) < 4.78 is 2.34. The van der Waals surface area contributed by atoms with Gasteiger partial charge in [-0.15, -0.1) is 0 Å². The number of benzene rings is 4. The van der Waals surface area contributed by atoms with Gasteiger partial charge in [0.2, 0.25) is 5.69 Å². The van der Waals surface area contributed by atoms with Crippen LogP contribution in [0.4, 0.5) is 0 Å². The second-order valence-corrected chi connectivity index (χ2v) is 16.9. The molecule has 6 rings (SSSR count). The average molecular weight is 586 g/mol. The third kappa shape index (κ3) is 5.33. The van der Waals surface area contributed by atoms with Gasteiger partial charge >= 0.3 is 0 Å². The van der Waals surface area contributed by atoms with Gasteiger partial charge in [0.15, 0.2) is 6.20 Å². The highest BCUT2D eigenvalue weighted by Crippen LogP contribution is 2.54. The predicted molar refractivity (Wildman–Crippen MR) is 184 cm³/mol. The Labute approximate surface area is 262 Å². The molecule has 2 nitrogen and oxygen atoms in total. The number of aromatic nitrogens is 1. The topological polar surface area (TPSA) is 27.7 Å². The normalized spacial score (nSPS) is 13.5. The van der Waals surface area contributed by atoms with Gasteiger partial charge in [0, 0.05) is 21.2 Å². The standard InChI is InChI=1S/C40H45N2S/c1-24-30-18-25(20-38(2,3)4)14-15-28(30)31(22-39(5,6)7)37-33(24)36-35-29(16-17-42(36)10)34-26(19-32(35)43-37)12-11-13-27(34)21-40(8,9)23-41/h11-19H,20-22H2,1-10H3/q+1. The quantitative estimate of drug-likeness (QED) is 0.152. The molecular weight excluding hydrogens is 541 g/mol. The summed E-state index contributed by atoms with van der Waals surface area (Å²) in [5.41, 5.74) is 8.17. The Balaban J connectivity index is 1.73. The van der Waals surface area contributed by atoms with E-state index in [1.807, 2.05) is 25.6 Å². The van der Waals surface area contributed by atoms with Crippen LogP contribution in [0, 0.1) is 34.5 Å². The molecule has 1 aromatic heterocycles. The van der Waals surface area contributed by atoms with E-state index in [2.05, 4.69) is 121 Å². The fourth-order valence-corrected chi connectivity index (χ4v) is 8.48. The van der Waals surface area contributed by atoms with Crippen LogP contribution < -0.4 is 4.57 Å². The summed E-state index contributed by atoms with van der Waals surface area (Å²) in [5, 5.41) is 17.8. The SMILES string of the molecule is Cc1c2c(c(CC(C)(C)C)c3ccc(CC(C)(C)C)cc13)Sc1cc3cccc(CC(C)(C)C#N)c3c3cc[n+](C)c-2c13. The lowest BCUT2D eigenvalue weighted by molar-refractivity contribution is -0.659. The molecule has 43 heavy (non-hydrogen) atoms. The first-order chi connectivity index (χ1) is 20.1. The molecule has 220 valence electrons. The molecule has 0 saturated heterocycles. The van der Waals surface area contributed by atoms with Gasteiger partial charge in [0.25, 0.3) is 0 Å². The van der Waals surface area contributed by atoms with Gasteiger partial charge in [-0.1, -0.05) is 89.7 Å². The van der Waals surface area contributed by atoms with Crippen molar-refractivity contribution in [1.29, 1.82) is 5.26 Å². The summed E-state index contributed by atoms with van der Waals surface area (Å²) in [5.74, 6) is 0. The van der Waals surface area contributed by atoms with Gasteiger partial charge in [-0.2, -0.15) is 5.26 Å². The lowest BCUT2D eigenvalue weighted by Crippen LogP contribution is -2.32. The van der Waals surface area contributed by atoms with E-state index in [-0.39, 0.29) is 10.8 Å². The van der Waals surface area contributed by atoms with E-state index in [1.165, 1.54) is 75.6 Å².